The van der Waals surface area contributed by atoms with E-state index in [1.165, 1.54) is 12.1 Å². The van der Waals surface area contributed by atoms with Crippen molar-refractivity contribution in [1.29, 1.82) is 0 Å². The predicted molar refractivity (Wildman–Crippen MR) is 71.8 cm³/mol. The number of rotatable bonds is 6. The molecule has 2 aromatic rings. The minimum Gasteiger partial charge on any atom is -0.435 e. The summed E-state index contributed by atoms with van der Waals surface area (Å²) in [5.41, 5.74) is 0.730. The number of likely N-dealkylation sites (N-methyl/N-ethyl adjacent to an activating group) is 1. The van der Waals surface area contributed by atoms with Gasteiger partial charge in [-0.05, 0) is 17.7 Å². The second-order valence-electron chi connectivity index (χ2n) is 4.48. The molecule has 2 rings (SSSR count). The number of halogens is 2. The van der Waals surface area contributed by atoms with Crippen molar-refractivity contribution in [2.75, 3.05) is 7.05 Å². The number of nitrogens with one attached hydrogen (secondary N) is 1. The smallest absolute Gasteiger partial charge is 0.387 e. The third kappa shape index (κ3) is 4.55. The molecule has 0 fully saturated rings. The van der Waals surface area contributed by atoms with Gasteiger partial charge in [0.05, 0.1) is 13.0 Å². The van der Waals surface area contributed by atoms with Gasteiger partial charge in [0.25, 0.3) is 0 Å². The number of carbonyl (C=O) groups is 1. The molecule has 0 saturated heterocycles. The van der Waals surface area contributed by atoms with Crippen molar-refractivity contribution in [3.05, 3.63) is 48.0 Å². The molecule has 1 N–H and O–H groups in total. The van der Waals surface area contributed by atoms with Crippen molar-refractivity contribution in [3.63, 3.8) is 0 Å². The van der Waals surface area contributed by atoms with E-state index < -0.39 is 6.61 Å². The maximum atomic E-state index is 12.0. The lowest BCUT2D eigenvalue weighted by Crippen LogP contribution is -2.28. The SMILES string of the molecule is CN(Cc1ncc[nH]1)C(=O)Cc1ccc(OC(F)F)cc1. The van der Waals surface area contributed by atoms with Gasteiger partial charge < -0.3 is 14.6 Å². The zero-order chi connectivity index (χ0) is 15.2. The van der Waals surface area contributed by atoms with Gasteiger partial charge in [0.1, 0.15) is 11.6 Å². The normalized spacial score (nSPS) is 10.7. The van der Waals surface area contributed by atoms with Gasteiger partial charge >= 0.3 is 6.61 Å². The van der Waals surface area contributed by atoms with Crippen LogP contribution in [-0.4, -0.2) is 34.4 Å². The fraction of sp³-hybridized carbons (Fsp3) is 0.286. The molecule has 0 saturated carbocycles. The lowest BCUT2D eigenvalue weighted by atomic mass is 10.1. The number of imidazole rings is 1. The Hall–Kier alpha value is -2.44. The van der Waals surface area contributed by atoms with Crippen LogP contribution >= 0.6 is 0 Å². The second-order valence-corrected chi connectivity index (χ2v) is 4.48. The van der Waals surface area contributed by atoms with Crippen LogP contribution in [0, 0.1) is 0 Å². The van der Waals surface area contributed by atoms with Crippen LogP contribution in [0.2, 0.25) is 0 Å². The number of amides is 1. The molecule has 112 valence electrons. The van der Waals surface area contributed by atoms with E-state index in [1.807, 2.05) is 0 Å². The fourth-order valence-electron chi connectivity index (χ4n) is 1.80. The number of hydrogen-bond donors (Lipinski definition) is 1. The van der Waals surface area contributed by atoms with Crippen LogP contribution in [0.5, 0.6) is 5.75 Å². The molecule has 1 heterocycles. The van der Waals surface area contributed by atoms with Gasteiger partial charge in [-0.15, -0.1) is 0 Å². The number of benzene rings is 1. The van der Waals surface area contributed by atoms with Gasteiger partial charge in [0.15, 0.2) is 0 Å². The van der Waals surface area contributed by atoms with Crippen molar-refractivity contribution in [2.24, 2.45) is 0 Å². The summed E-state index contributed by atoms with van der Waals surface area (Å²) in [6.45, 7) is -2.46. The van der Waals surface area contributed by atoms with Gasteiger partial charge in [-0.1, -0.05) is 12.1 Å². The fourth-order valence-corrected chi connectivity index (χ4v) is 1.80. The summed E-state index contributed by atoms with van der Waals surface area (Å²) in [6, 6.07) is 6.02. The van der Waals surface area contributed by atoms with Crippen LogP contribution in [0.25, 0.3) is 0 Å². The van der Waals surface area contributed by atoms with Crippen LogP contribution in [0.1, 0.15) is 11.4 Å². The number of H-pyrrole nitrogens is 1. The van der Waals surface area contributed by atoms with E-state index in [-0.39, 0.29) is 18.1 Å². The van der Waals surface area contributed by atoms with Gasteiger partial charge in [-0.25, -0.2) is 4.98 Å². The average Bonchev–Trinajstić information content (AvgIpc) is 2.93. The van der Waals surface area contributed by atoms with Crippen molar-refractivity contribution in [3.8, 4) is 5.75 Å². The quantitative estimate of drug-likeness (QED) is 0.889. The number of aromatic amines is 1. The Morgan fingerprint density at radius 2 is 2.10 bits per heavy atom. The molecule has 1 amide bonds. The maximum Gasteiger partial charge on any atom is 0.387 e. The minimum atomic E-state index is -2.85. The molecule has 0 unspecified atom stereocenters. The van der Waals surface area contributed by atoms with Gasteiger partial charge in [-0.3, -0.25) is 4.79 Å². The number of hydrogen-bond acceptors (Lipinski definition) is 3. The van der Waals surface area contributed by atoms with E-state index in [4.69, 9.17) is 0 Å². The Labute approximate surface area is 120 Å². The molecule has 0 aliphatic heterocycles. The Bertz CT molecular complexity index is 570. The lowest BCUT2D eigenvalue weighted by molar-refractivity contribution is -0.129. The van der Waals surface area contributed by atoms with E-state index in [9.17, 15) is 13.6 Å². The number of ether oxygens (including phenoxy) is 1. The van der Waals surface area contributed by atoms with Gasteiger partial charge in [-0.2, -0.15) is 8.78 Å². The molecule has 0 aliphatic carbocycles. The van der Waals surface area contributed by atoms with Crippen LogP contribution in [0.4, 0.5) is 8.78 Å². The van der Waals surface area contributed by atoms with E-state index in [0.29, 0.717) is 12.4 Å². The highest BCUT2D eigenvalue weighted by molar-refractivity contribution is 5.78. The molecule has 1 aromatic carbocycles. The minimum absolute atomic E-state index is 0.0742. The molecule has 0 radical (unpaired) electrons. The monoisotopic (exact) mass is 295 g/mol. The van der Waals surface area contributed by atoms with E-state index in [1.54, 1.807) is 36.5 Å². The Kier molecular flexibility index (Phi) is 4.86. The first-order valence-corrected chi connectivity index (χ1v) is 6.30. The Morgan fingerprint density at radius 3 is 2.67 bits per heavy atom. The number of alkyl halides is 2. The van der Waals surface area contributed by atoms with E-state index in [2.05, 4.69) is 14.7 Å². The first kappa shape index (κ1) is 15.0. The van der Waals surface area contributed by atoms with Crippen LogP contribution in [-0.2, 0) is 17.8 Å². The van der Waals surface area contributed by atoms with Crippen LogP contribution < -0.4 is 4.74 Å². The maximum absolute atomic E-state index is 12.0. The van der Waals surface area contributed by atoms with Gasteiger partial charge in [0, 0.05) is 19.4 Å². The van der Waals surface area contributed by atoms with Crippen LogP contribution in [0.15, 0.2) is 36.7 Å². The summed E-state index contributed by atoms with van der Waals surface area (Å²) in [5.74, 6) is 0.686. The molecule has 0 spiro atoms. The molecule has 7 heteroatoms. The summed E-state index contributed by atoms with van der Waals surface area (Å²) in [6.07, 6.45) is 3.50. The predicted octanol–water partition coefficient (Wildman–Crippen LogP) is 2.21. The summed E-state index contributed by atoms with van der Waals surface area (Å²) in [4.78, 5) is 20.5. The van der Waals surface area contributed by atoms with E-state index in [0.717, 1.165) is 5.56 Å². The van der Waals surface area contributed by atoms with Gasteiger partial charge in [0.2, 0.25) is 5.91 Å². The third-order valence-corrected chi connectivity index (χ3v) is 2.87. The molecule has 21 heavy (non-hydrogen) atoms. The number of nitrogens with zero attached hydrogens (tertiary/aromatic N) is 2. The zero-order valence-electron chi connectivity index (χ0n) is 11.4. The molecule has 0 bridgehead atoms. The van der Waals surface area contributed by atoms with E-state index >= 15 is 0 Å². The molecule has 0 atom stereocenters. The number of aromatic nitrogens is 2. The molecular formula is C14H15F2N3O2. The molecule has 5 nitrogen and oxygen atoms in total. The number of carbonyl (C=O) groups excluding carboxylic acids is 1. The van der Waals surface area contributed by atoms with Crippen molar-refractivity contribution >= 4 is 5.91 Å². The summed E-state index contributed by atoms with van der Waals surface area (Å²) < 4.78 is 28.3. The second kappa shape index (κ2) is 6.83. The van der Waals surface area contributed by atoms with Crippen molar-refractivity contribution < 1.29 is 18.3 Å². The highest BCUT2D eigenvalue weighted by Gasteiger charge is 2.11. The van der Waals surface area contributed by atoms with Crippen molar-refractivity contribution in [1.82, 2.24) is 14.9 Å². The zero-order valence-corrected chi connectivity index (χ0v) is 11.4. The highest BCUT2D eigenvalue weighted by Crippen LogP contribution is 2.15. The molecular weight excluding hydrogens is 280 g/mol. The first-order valence-electron chi connectivity index (χ1n) is 6.30. The Balaban J connectivity index is 1.89. The summed E-state index contributed by atoms with van der Waals surface area (Å²) >= 11 is 0. The molecule has 0 aliphatic rings. The van der Waals surface area contributed by atoms with Crippen molar-refractivity contribution in [2.45, 2.75) is 19.6 Å². The summed E-state index contributed by atoms with van der Waals surface area (Å²) in [7, 11) is 1.68. The van der Waals surface area contributed by atoms with Crippen LogP contribution in [0.3, 0.4) is 0 Å². The first-order chi connectivity index (χ1) is 10.0. The highest BCUT2D eigenvalue weighted by atomic mass is 19.3. The third-order valence-electron chi connectivity index (χ3n) is 2.87. The standard InChI is InChI=1S/C14H15F2N3O2/c1-19(9-12-17-6-7-18-12)13(20)8-10-2-4-11(5-3-10)21-14(15)16/h2-7,14H,8-9H2,1H3,(H,17,18). The topological polar surface area (TPSA) is 58.2 Å². The average molecular weight is 295 g/mol. The summed E-state index contributed by atoms with van der Waals surface area (Å²) in [5, 5.41) is 0. The molecule has 1 aromatic heterocycles. The lowest BCUT2D eigenvalue weighted by Gasteiger charge is -2.15. The largest absolute Gasteiger partial charge is 0.435 e. The Morgan fingerprint density at radius 1 is 1.38 bits per heavy atom.